The lowest BCUT2D eigenvalue weighted by molar-refractivity contribution is 0.356. The summed E-state index contributed by atoms with van der Waals surface area (Å²) in [6.45, 7) is 8.84. The molecule has 0 bridgehead atoms. The van der Waals surface area contributed by atoms with E-state index in [1.54, 1.807) is 11.3 Å². The Morgan fingerprint density at radius 1 is 1.26 bits per heavy atom. The molecule has 2 aromatic rings. The fourth-order valence-electron chi connectivity index (χ4n) is 3.12. The molecular weight excluding hydrogens is 256 g/mol. The number of thiophene rings is 1. The normalized spacial score (nSPS) is 24.1. The lowest BCUT2D eigenvalue weighted by Gasteiger charge is -2.36. The van der Waals surface area contributed by atoms with Crippen molar-refractivity contribution >= 4 is 33.3 Å². The van der Waals surface area contributed by atoms with Gasteiger partial charge in [0, 0.05) is 18.0 Å². The molecule has 102 valence electrons. The standard InChI is InChI=1S/C14H20N4S/c1-8-4-9(2)7-18(6-8)12-11-5-10(3)19-13(11)17-14(15)16-12/h5,8-9H,4,6-7H2,1-3H3,(H2,15,16,17). The summed E-state index contributed by atoms with van der Waals surface area (Å²) < 4.78 is 0. The maximum Gasteiger partial charge on any atom is 0.223 e. The van der Waals surface area contributed by atoms with Gasteiger partial charge in [0.25, 0.3) is 0 Å². The fourth-order valence-corrected chi connectivity index (χ4v) is 4.00. The molecule has 1 aliphatic heterocycles. The van der Waals surface area contributed by atoms with E-state index in [0.29, 0.717) is 17.8 Å². The first-order valence-corrected chi connectivity index (χ1v) is 7.63. The average molecular weight is 276 g/mol. The molecule has 2 N–H and O–H groups in total. The van der Waals surface area contributed by atoms with Crippen LogP contribution < -0.4 is 10.6 Å². The Labute approximate surface area is 117 Å². The third-order valence-electron chi connectivity index (χ3n) is 3.68. The fraction of sp³-hybridized carbons (Fsp3) is 0.571. The summed E-state index contributed by atoms with van der Waals surface area (Å²) in [7, 11) is 0. The second-order valence-electron chi connectivity index (χ2n) is 5.83. The highest BCUT2D eigenvalue weighted by molar-refractivity contribution is 7.18. The van der Waals surface area contributed by atoms with Crippen LogP contribution in [-0.2, 0) is 0 Å². The third kappa shape index (κ3) is 2.39. The van der Waals surface area contributed by atoms with Gasteiger partial charge < -0.3 is 10.6 Å². The predicted molar refractivity (Wildman–Crippen MR) is 81.7 cm³/mol. The van der Waals surface area contributed by atoms with Crippen molar-refractivity contribution in [2.24, 2.45) is 11.8 Å². The Bertz CT molecular complexity index is 597. The van der Waals surface area contributed by atoms with E-state index in [-0.39, 0.29) is 0 Å². The highest BCUT2D eigenvalue weighted by Crippen LogP contribution is 2.34. The Hall–Kier alpha value is -1.36. The SMILES string of the molecule is Cc1cc2c(N3CC(C)CC(C)C3)nc(N)nc2s1. The maximum atomic E-state index is 5.87. The first-order chi connectivity index (χ1) is 9.02. The number of piperidine rings is 1. The highest BCUT2D eigenvalue weighted by atomic mass is 32.1. The van der Waals surface area contributed by atoms with Gasteiger partial charge in [-0.3, -0.25) is 0 Å². The number of fused-ring (bicyclic) bond motifs is 1. The van der Waals surface area contributed by atoms with Crippen LogP contribution in [0.3, 0.4) is 0 Å². The van der Waals surface area contributed by atoms with Gasteiger partial charge in [0.2, 0.25) is 5.95 Å². The van der Waals surface area contributed by atoms with E-state index in [1.807, 2.05) is 0 Å². The van der Waals surface area contributed by atoms with Gasteiger partial charge in [-0.2, -0.15) is 4.98 Å². The summed E-state index contributed by atoms with van der Waals surface area (Å²) in [6, 6.07) is 2.18. The van der Waals surface area contributed by atoms with Crippen LogP contribution in [0.15, 0.2) is 6.07 Å². The van der Waals surface area contributed by atoms with Crippen molar-refractivity contribution in [3.63, 3.8) is 0 Å². The number of aromatic nitrogens is 2. The summed E-state index contributed by atoms with van der Waals surface area (Å²) in [5.41, 5.74) is 5.87. The van der Waals surface area contributed by atoms with E-state index >= 15 is 0 Å². The van der Waals surface area contributed by atoms with Crippen molar-refractivity contribution in [3.05, 3.63) is 10.9 Å². The first kappa shape index (κ1) is 12.7. The second kappa shape index (κ2) is 4.63. The van der Waals surface area contributed by atoms with Gasteiger partial charge in [0.05, 0.1) is 5.39 Å². The van der Waals surface area contributed by atoms with Crippen LogP contribution in [0.5, 0.6) is 0 Å². The van der Waals surface area contributed by atoms with Gasteiger partial charge in [-0.1, -0.05) is 13.8 Å². The zero-order chi connectivity index (χ0) is 13.6. The van der Waals surface area contributed by atoms with E-state index < -0.39 is 0 Å². The molecule has 19 heavy (non-hydrogen) atoms. The lowest BCUT2D eigenvalue weighted by atomic mass is 9.92. The molecule has 4 nitrogen and oxygen atoms in total. The van der Waals surface area contributed by atoms with Gasteiger partial charge in [0.1, 0.15) is 10.6 Å². The number of nitrogen functional groups attached to an aromatic ring is 1. The lowest BCUT2D eigenvalue weighted by Crippen LogP contribution is -2.39. The van der Waals surface area contributed by atoms with Crippen LogP contribution in [0.2, 0.25) is 0 Å². The maximum absolute atomic E-state index is 5.87. The van der Waals surface area contributed by atoms with Crippen LogP contribution in [0, 0.1) is 18.8 Å². The monoisotopic (exact) mass is 276 g/mol. The minimum atomic E-state index is 0.384. The molecule has 0 radical (unpaired) electrons. The van der Waals surface area contributed by atoms with E-state index in [9.17, 15) is 0 Å². The average Bonchev–Trinajstić information content (AvgIpc) is 2.66. The smallest absolute Gasteiger partial charge is 0.223 e. The summed E-state index contributed by atoms with van der Waals surface area (Å²) in [6.07, 6.45) is 1.29. The second-order valence-corrected chi connectivity index (χ2v) is 7.07. The number of aryl methyl sites for hydroxylation is 1. The molecule has 2 atom stereocenters. The molecule has 5 heteroatoms. The van der Waals surface area contributed by atoms with Crippen molar-refractivity contribution in [3.8, 4) is 0 Å². The van der Waals surface area contributed by atoms with Crippen LogP contribution >= 0.6 is 11.3 Å². The molecule has 1 aliphatic rings. The Balaban J connectivity index is 2.08. The van der Waals surface area contributed by atoms with Crippen LogP contribution in [0.25, 0.3) is 10.2 Å². The van der Waals surface area contributed by atoms with Crippen LogP contribution in [0.4, 0.5) is 11.8 Å². The molecule has 0 saturated carbocycles. The molecular formula is C14H20N4S. The minimum Gasteiger partial charge on any atom is -0.368 e. The predicted octanol–water partition coefficient (Wildman–Crippen LogP) is 3.06. The zero-order valence-corrected chi connectivity index (χ0v) is 12.5. The Morgan fingerprint density at radius 2 is 1.95 bits per heavy atom. The summed E-state index contributed by atoms with van der Waals surface area (Å²) in [5, 5.41) is 1.15. The summed E-state index contributed by atoms with van der Waals surface area (Å²) in [4.78, 5) is 13.5. The molecule has 0 spiro atoms. The molecule has 0 amide bonds. The van der Waals surface area contributed by atoms with Crippen molar-refractivity contribution in [1.82, 2.24) is 9.97 Å². The molecule has 1 fully saturated rings. The molecule has 3 rings (SSSR count). The number of rotatable bonds is 1. The van der Waals surface area contributed by atoms with Crippen LogP contribution in [0.1, 0.15) is 25.1 Å². The van der Waals surface area contributed by atoms with Gasteiger partial charge in [-0.25, -0.2) is 4.98 Å². The van der Waals surface area contributed by atoms with E-state index in [1.165, 1.54) is 11.3 Å². The molecule has 3 heterocycles. The Kier molecular flexibility index (Phi) is 3.09. The third-order valence-corrected chi connectivity index (χ3v) is 4.63. The van der Waals surface area contributed by atoms with Crippen molar-refractivity contribution in [1.29, 1.82) is 0 Å². The van der Waals surface area contributed by atoms with Crippen LogP contribution in [-0.4, -0.2) is 23.1 Å². The number of nitrogens with two attached hydrogens (primary N) is 1. The minimum absolute atomic E-state index is 0.384. The summed E-state index contributed by atoms with van der Waals surface area (Å²) in [5.74, 6) is 2.81. The quantitative estimate of drug-likeness (QED) is 0.869. The van der Waals surface area contributed by atoms with Gasteiger partial charge >= 0.3 is 0 Å². The van der Waals surface area contributed by atoms with Gasteiger partial charge in [0.15, 0.2) is 0 Å². The molecule has 0 aromatic carbocycles. The molecule has 2 unspecified atom stereocenters. The van der Waals surface area contributed by atoms with E-state index in [0.717, 1.165) is 29.1 Å². The molecule has 1 saturated heterocycles. The van der Waals surface area contributed by atoms with Crippen molar-refractivity contribution < 1.29 is 0 Å². The van der Waals surface area contributed by atoms with Crippen molar-refractivity contribution in [2.45, 2.75) is 27.2 Å². The van der Waals surface area contributed by atoms with Crippen molar-refractivity contribution in [2.75, 3.05) is 23.7 Å². The topological polar surface area (TPSA) is 55.0 Å². The van der Waals surface area contributed by atoms with Gasteiger partial charge in [-0.15, -0.1) is 11.3 Å². The van der Waals surface area contributed by atoms with E-state index in [2.05, 4.69) is 41.7 Å². The number of hydrogen-bond acceptors (Lipinski definition) is 5. The largest absolute Gasteiger partial charge is 0.368 e. The molecule has 2 aromatic heterocycles. The highest BCUT2D eigenvalue weighted by Gasteiger charge is 2.25. The van der Waals surface area contributed by atoms with E-state index in [4.69, 9.17) is 5.73 Å². The van der Waals surface area contributed by atoms with Gasteiger partial charge in [-0.05, 0) is 31.2 Å². The Morgan fingerprint density at radius 3 is 2.63 bits per heavy atom. The number of anilines is 2. The first-order valence-electron chi connectivity index (χ1n) is 6.81. The summed E-state index contributed by atoms with van der Waals surface area (Å²) >= 11 is 1.69. The zero-order valence-electron chi connectivity index (χ0n) is 11.7. The molecule has 0 aliphatic carbocycles. The number of hydrogen-bond donors (Lipinski definition) is 1. The number of nitrogens with zero attached hydrogens (tertiary/aromatic N) is 3.